The molecule has 0 aliphatic heterocycles. The number of nitrogens with one attached hydrogen (secondary N) is 1. The van der Waals surface area contributed by atoms with Gasteiger partial charge >= 0.3 is 0 Å². The number of aryl methyl sites for hydroxylation is 2. The highest BCUT2D eigenvalue weighted by Crippen LogP contribution is 2.32. The van der Waals surface area contributed by atoms with Crippen LogP contribution in [0.25, 0.3) is 0 Å². The molecule has 2 rings (SSSR count). The zero-order valence-electron chi connectivity index (χ0n) is 10.2. The van der Waals surface area contributed by atoms with Crippen LogP contribution in [0.1, 0.15) is 11.3 Å². The molecule has 0 aliphatic carbocycles. The lowest BCUT2D eigenvalue weighted by atomic mass is 10.3. The number of nitrogens with zero attached hydrogens (tertiary/aromatic N) is 2. The van der Waals surface area contributed by atoms with Crippen LogP contribution in [0.15, 0.2) is 10.3 Å². The molecule has 0 aromatic carbocycles. The Kier molecular flexibility index (Phi) is 4.46. The Balaban J connectivity index is 2.46. The molecule has 0 fully saturated rings. The van der Waals surface area contributed by atoms with Gasteiger partial charge in [0.2, 0.25) is 0 Å². The molecule has 2 aromatic heterocycles. The average molecular weight is 373 g/mol. The zero-order chi connectivity index (χ0) is 15.1. The van der Waals surface area contributed by atoms with Crippen molar-refractivity contribution >= 4 is 61.9 Å². The van der Waals surface area contributed by atoms with E-state index in [4.69, 9.17) is 34.8 Å². The number of sulfonamides is 1. The van der Waals surface area contributed by atoms with Gasteiger partial charge in [0.05, 0.1) is 11.4 Å². The fraction of sp³-hybridized carbons (Fsp3) is 0.200. The third kappa shape index (κ3) is 3.17. The maximum absolute atomic E-state index is 12.3. The van der Waals surface area contributed by atoms with Gasteiger partial charge < -0.3 is 0 Å². The van der Waals surface area contributed by atoms with E-state index >= 15 is 0 Å². The summed E-state index contributed by atoms with van der Waals surface area (Å²) < 4.78 is 27.2. The minimum atomic E-state index is -3.83. The lowest BCUT2D eigenvalue weighted by Crippen LogP contribution is -2.14. The molecule has 0 atom stereocenters. The first-order chi connectivity index (χ1) is 9.20. The maximum atomic E-state index is 12.3. The Morgan fingerprint density at radius 3 is 2.35 bits per heavy atom. The van der Waals surface area contributed by atoms with Crippen molar-refractivity contribution in [3.63, 3.8) is 0 Å². The van der Waals surface area contributed by atoms with Crippen molar-refractivity contribution in [2.75, 3.05) is 4.72 Å². The van der Waals surface area contributed by atoms with E-state index < -0.39 is 10.0 Å². The summed E-state index contributed by atoms with van der Waals surface area (Å²) in [7, 11) is -3.83. The molecular weight excluding hydrogens is 365 g/mol. The molecule has 108 valence electrons. The van der Waals surface area contributed by atoms with Gasteiger partial charge in [0.25, 0.3) is 10.0 Å². The van der Waals surface area contributed by atoms with Gasteiger partial charge in [-0.3, -0.25) is 4.72 Å². The monoisotopic (exact) mass is 371 g/mol. The van der Waals surface area contributed by atoms with Gasteiger partial charge in [0.1, 0.15) is 5.15 Å². The summed E-state index contributed by atoms with van der Waals surface area (Å²) >= 11 is 18.2. The van der Waals surface area contributed by atoms with Crippen molar-refractivity contribution in [1.29, 1.82) is 0 Å². The Hall–Kier alpha value is -0.600. The van der Waals surface area contributed by atoms with Crippen LogP contribution < -0.4 is 4.72 Å². The zero-order valence-corrected chi connectivity index (χ0v) is 14.1. The van der Waals surface area contributed by atoms with Crippen molar-refractivity contribution in [2.24, 2.45) is 0 Å². The van der Waals surface area contributed by atoms with Crippen LogP contribution in [0, 0.1) is 13.8 Å². The summed E-state index contributed by atoms with van der Waals surface area (Å²) in [5.41, 5.74) is 1.06. The smallest absolute Gasteiger partial charge is 0.273 e. The molecule has 0 saturated carbocycles. The topological polar surface area (TPSA) is 72.0 Å². The van der Waals surface area contributed by atoms with Crippen LogP contribution in [-0.4, -0.2) is 18.4 Å². The first kappa shape index (κ1) is 15.8. The third-order valence-electron chi connectivity index (χ3n) is 2.35. The highest BCUT2D eigenvalue weighted by Gasteiger charge is 2.23. The number of pyridine rings is 1. The van der Waals surface area contributed by atoms with Crippen LogP contribution in [0.3, 0.4) is 0 Å². The number of rotatable bonds is 3. The summed E-state index contributed by atoms with van der Waals surface area (Å²) in [5, 5.41) is 0.166. The van der Waals surface area contributed by atoms with Crippen molar-refractivity contribution in [3.05, 3.63) is 32.1 Å². The number of hydrogen-bond donors (Lipinski definition) is 1. The van der Waals surface area contributed by atoms with E-state index in [1.54, 1.807) is 13.8 Å². The summed E-state index contributed by atoms with van der Waals surface area (Å²) in [6.45, 7) is 3.23. The van der Waals surface area contributed by atoms with Crippen molar-refractivity contribution in [3.8, 4) is 0 Å². The summed E-state index contributed by atoms with van der Waals surface area (Å²) in [6.07, 6.45) is 0. The van der Waals surface area contributed by atoms with E-state index in [2.05, 4.69) is 14.7 Å². The lowest BCUT2D eigenvalue weighted by molar-refractivity contribution is 0.602. The fourth-order valence-corrected chi connectivity index (χ4v) is 5.01. The minimum absolute atomic E-state index is 0.0214. The quantitative estimate of drug-likeness (QED) is 0.829. The molecule has 0 spiro atoms. The predicted molar refractivity (Wildman–Crippen MR) is 81.7 cm³/mol. The summed E-state index contributed by atoms with van der Waals surface area (Å²) in [5.74, 6) is 0. The van der Waals surface area contributed by atoms with E-state index in [9.17, 15) is 8.42 Å². The molecule has 2 aromatic rings. The molecule has 5 nitrogen and oxygen atoms in total. The van der Waals surface area contributed by atoms with Gasteiger partial charge in [0.15, 0.2) is 13.8 Å². The number of hydrogen-bond acceptors (Lipinski definition) is 5. The molecule has 2 heterocycles. The molecule has 1 N–H and O–H groups in total. The lowest BCUT2D eigenvalue weighted by Gasteiger charge is -2.11. The molecule has 0 unspecified atom stereocenters. The number of aromatic nitrogens is 2. The van der Waals surface area contributed by atoms with Gasteiger partial charge in [0, 0.05) is 0 Å². The summed E-state index contributed by atoms with van der Waals surface area (Å²) in [6, 6.07) is 1.51. The molecular formula is C10H8Cl3N3O2S2. The van der Waals surface area contributed by atoms with E-state index in [1.807, 2.05) is 0 Å². The SMILES string of the molecule is Cc1cc(Cl)nc(Cl)c1NS(=O)(=O)c1sc(Cl)nc1C. The van der Waals surface area contributed by atoms with Crippen LogP contribution in [0.4, 0.5) is 5.69 Å². The van der Waals surface area contributed by atoms with Crippen LogP contribution in [0.2, 0.25) is 14.8 Å². The molecule has 10 heteroatoms. The van der Waals surface area contributed by atoms with Gasteiger partial charge in [-0.15, -0.1) is 0 Å². The van der Waals surface area contributed by atoms with Crippen LogP contribution in [0.5, 0.6) is 0 Å². The second-order valence-corrected chi connectivity index (χ2v) is 8.08. The van der Waals surface area contributed by atoms with Crippen molar-refractivity contribution in [1.82, 2.24) is 9.97 Å². The standard InChI is InChI=1S/C10H8Cl3N3O2S2/c1-4-3-6(11)15-8(12)7(4)16-20(17,18)9-5(2)14-10(13)19-9/h3,16H,1-2H3. The van der Waals surface area contributed by atoms with Crippen molar-refractivity contribution < 1.29 is 8.42 Å². The number of anilines is 1. The normalized spacial score (nSPS) is 11.7. The average Bonchev–Trinajstić information content (AvgIpc) is 2.64. The maximum Gasteiger partial charge on any atom is 0.273 e. The second-order valence-electron chi connectivity index (χ2n) is 3.87. The Morgan fingerprint density at radius 2 is 1.85 bits per heavy atom. The summed E-state index contributed by atoms with van der Waals surface area (Å²) in [4.78, 5) is 7.68. The van der Waals surface area contributed by atoms with E-state index in [1.165, 1.54) is 6.07 Å². The largest absolute Gasteiger partial charge is 0.275 e. The van der Waals surface area contributed by atoms with Crippen molar-refractivity contribution in [2.45, 2.75) is 18.1 Å². The molecule has 20 heavy (non-hydrogen) atoms. The number of halogens is 3. The predicted octanol–water partition coefficient (Wildman–Crippen LogP) is 3.92. The number of thiazole rings is 1. The second kappa shape index (κ2) is 5.65. The fourth-order valence-electron chi connectivity index (χ4n) is 1.50. The molecule has 0 aliphatic rings. The Labute approximate surface area is 135 Å². The Morgan fingerprint density at radius 1 is 1.20 bits per heavy atom. The first-order valence-electron chi connectivity index (χ1n) is 5.19. The Bertz CT molecular complexity index is 751. The highest BCUT2D eigenvalue weighted by atomic mass is 35.5. The molecule has 0 saturated heterocycles. The van der Waals surface area contributed by atoms with E-state index in [-0.39, 0.29) is 24.7 Å². The minimum Gasteiger partial charge on any atom is -0.275 e. The van der Waals surface area contributed by atoms with Crippen LogP contribution >= 0.6 is 46.1 Å². The van der Waals surface area contributed by atoms with Gasteiger partial charge in [-0.05, 0) is 25.5 Å². The molecule has 0 radical (unpaired) electrons. The van der Waals surface area contributed by atoms with E-state index in [0.29, 0.717) is 11.3 Å². The molecule has 0 bridgehead atoms. The van der Waals surface area contributed by atoms with Gasteiger partial charge in [-0.2, -0.15) is 0 Å². The molecule has 0 amide bonds. The highest BCUT2D eigenvalue weighted by molar-refractivity contribution is 7.94. The van der Waals surface area contributed by atoms with E-state index in [0.717, 1.165) is 11.3 Å². The third-order valence-corrected chi connectivity index (χ3v) is 6.04. The van der Waals surface area contributed by atoms with Crippen LogP contribution in [-0.2, 0) is 10.0 Å². The van der Waals surface area contributed by atoms with Gasteiger partial charge in [-0.1, -0.05) is 46.1 Å². The van der Waals surface area contributed by atoms with Gasteiger partial charge in [-0.25, -0.2) is 18.4 Å². The first-order valence-corrected chi connectivity index (χ1v) is 8.62.